The van der Waals surface area contributed by atoms with Crippen LogP contribution < -0.4 is 0 Å². The van der Waals surface area contributed by atoms with Gasteiger partial charge in [0, 0.05) is 0 Å². The average molecular weight is 403 g/mol. The van der Waals surface area contributed by atoms with Crippen molar-refractivity contribution in [1.29, 1.82) is 0 Å². The molecule has 0 amide bonds. The highest BCUT2D eigenvalue weighted by Crippen LogP contribution is 2.06. The van der Waals surface area contributed by atoms with Gasteiger partial charge in [-0.2, -0.15) is 0 Å². The van der Waals surface area contributed by atoms with Gasteiger partial charge in [-0.15, -0.1) is 0 Å². The molecule has 156 valence electrons. The van der Waals surface area contributed by atoms with E-state index in [9.17, 15) is 14.4 Å². The molecule has 3 heteroatoms. The van der Waals surface area contributed by atoms with Crippen molar-refractivity contribution < 1.29 is 14.4 Å². The van der Waals surface area contributed by atoms with Crippen LogP contribution >= 0.6 is 0 Å². The van der Waals surface area contributed by atoms with Gasteiger partial charge in [-0.25, -0.2) is 0 Å². The van der Waals surface area contributed by atoms with Crippen LogP contribution in [0.3, 0.4) is 0 Å². The second-order valence-corrected chi connectivity index (χ2v) is 6.47. The third-order valence-corrected chi connectivity index (χ3v) is 3.44. The van der Waals surface area contributed by atoms with E-state index in [0.29, 0.717) is 0 Å². The van der Waals surface area contributed by atoms with Gasteiger partial charge in [0.25, 0.3) is 0 Å². The first-order valence-electron chi connectivity index (χ1n) is 9.52. The number of rotatable bonds is 6. The summed E-state index contributed by atoms with van der Waals surface area (Å²) in [6.45, 7) is 9.99. The maximum atomic E-state index is 10.7. The molecule has 2 rings (SSSR count). The Morgan fingerprint density at radius 2 is 1.07 bits per heavy atom. The monoisotopic (exact) mass is 402 g/mol. The molecule has 0 saturated heterocycles. The lowest BCUT2D eigenvalue weighted by atomic mass is 10.1. The van der Waals surface area contributed by atoms with Gasteiger partial charge in [0.2, 0.25) is 0 Å². The lowest BCUT2D eigenvalue weighted by Gasteiger charge is -1.93. The zero-order valence-electron chi connectivity index (χ0n) is 18.2. The molecule has 0 radical (unpaired) electrons. The summed E-state index contributed by atoms with van der Waals surface area (Å²) >= 11 is 0. The molecular weight excluding hydrogens is 372 g/mol. The zero-order chi connectivity index (χ0) is 22.8. The maximum Gasteiger partial charge on any atom is 0.152 e. The first kappa shape index (κ1) is 26.4. The molecule has 3 nitrogen and oxygen atoms in total. The van der Waals surface area contributed by atoms with Crippen LogP contribution in [0.5, 0.6) is 0 Å². The molecular formula is C27H30O3. The van der Waals surface area contributed by atoms with Crippen molar-refractivity contribution in [2.75, 3.05) is 0 Å². The Balaban J connectivity index is 0.000000468. The Bertz CT molecular complexity index is 886. The fourth-order valence-electron chi connectivity index (χ4n) is 1.96. The SMILES string of the molecule is C/C(C=O)=C\c1ccccc1.C=CC(C)=O.CC(=O)/C=C/C(C)=C/c1ccccc1. The van der Waals surface area contributed by atoms with E-state index < -0.39 is 0 Å². The van der Waals surface area contributed by atoms with Gasteiger partial charge in [0.15, 0.2) is 11.6 Å². The quantitative estimate of drug-likeness (QED) is 0.324. The van der Waals surface area contributed by atoms with Crippen LogP contribution in [-0.2, 0) is 14.4 Å². The first-order valence-corrected chi connectivity index (χ1v) is 9.52. The molecule has 0 atom stereocenters. The molecule has 0 aliphatic rings. The summed E-state index contributed by atoms with van der Waals surface area (Å²) in [7, 11) is 0. The summed E-state index contributed by atoms with van der Waals surface area (Å²) in [5.41, 5.74) is 4.04. The Hall–Kier alpha value is -3.59. The Morgan fingerprint density at radius 3 is 1.40 bits per heavy atom. The number of hydrogen-bond donors (Lipinski definition) is 0. The van der Waals surface area contributed by atoms with E-state index in [2.05, 4.69) is 6.58 Å². The van der Waals surface area contributed by atoms with Gasteiger partial charge in [-0.05, 0) is 62.6 Å². The van der Waals surface area contributed by atoms with Crippen LogP contribution in [-0.4, -0.2) is 17.9 Å². The summed E-state index contributed by atoms with van der Waals surface area (Å²) in [5.74, 6) is 0.0933. The fourth-order valence-corrected chi connectivity index (χ4v) is 1.96. The van der Waals surface area contributed by atoms with Crippen molar-refractivity contribution in [2.45, 2.75) is 27.7 Å². The minimum Gasteiger partial charge on any atom is -0.298 e. The van der Waals surface area contributed by atoms with E-state index in [1.54, 1.807) is 19.9 Å². The van der Waals surface area contributed by atoms with Gasteiger partial charge in [0.1, 0.15) is 6.29 Å². The third kappa shape index (κ3) is 15.5. The number of carbonyl (C=O) groups excluding carboxylic acids is 3. The molecule has 2 aromatic rings. The molecule has 0 bridgehead atoms. The minimum atomic E-state index is 0.0185. The van der Waals surface area contributed by atoms with Crippen LogP contribution in [0.2, 0.25) is 0 Å². The third-order valence-electron chi connectivity index (χ3n) is 3.44. The summed E-state index contributed by atoms with van der Waals surface area (Å²) in [4.78, 5) is 30.6. The smallest absolute Gasteiger partial charge is 0.152 e. The summed E-state index contributed by atoms with van der Waals surface area (Å²) in [6.07, 6.45) is 9.43. The van der Waals surface area contributed by atoms with Crippen molar-refractivity contribution in [3.05, 3.63) is 108 Å². The van der Waals surface area contributed by atoms with Crippen molar-refractivity contribution in [2.24, 2.45) is 0 Å². The first-order chi connectivity index (χ1) is 14.3. The molecule has 0 fully saturated rings. The van der Waals surface area contributed by atoms with Crippen molar-refractivity contribution in [3.8, 4) is 0 Å². The van der Waals surface area contributed by atoms with Crippen molar-refractivity contribution >= 4 is 30.0 Å². The van der Waals surface area contributed by atoms with Crippen LogP contribution in [0, 0.1) is 0 Å². The highest BCUT2D eigenvalue weighted by Gasteiger charge is 1.87. The summed E-state index contributed by atoms with van der Waals surface area (Å²) in [5, 5.41) is 0. The van der Waals surface area contributed by atoms with Crippen molar-refractivity contribution in [1.82, 2.24) is 0 Å². The lowest BCUT2D eigenvalue weighted by molar-refractivity contribution is -0.113. The molecule has 0 aliphatic heterocycles. The number of ketones is 2. The number of allylic oxidation sites excluding steroid dienone is 5. The van der Waals surface area contributed by atoms with E-state index in [-0.39, 0.29) is 11.6 Å². The fraction of sp³-hybridized carbons (Fsp3) is 0.148. The van der Waals surface area contributed by atoms with Gasteiger partial charge in [-0.3, -0.25) is 14.4 Å². The topological polar surface area (TPSA) is 51.2 Å². The van der Waals surface area contributed by atoms with Crippen molar-refractivity contribution in [3.63, 3.8) is 0 Å². The lowest BCUT2D eigenvalue weighted by Crippen LogP contribution is -1.80. The van der Waals surface area contributed by atoms with Gasteiger partial charge in [0.05, 0.1) is 0 Å². The normalized spacial score (nSPS) is 10.8. The van der Waals surface area contributed by atoms with Crippen LogP contribution in [0.25, 0.3) is 12.2 Å². The molecule has 2 aromatic carbocycles. The molecule has 0 aliphatic carbocycles. The van der Waals surface area contributed by atoms with Gasteiger partial charge < -0.3 is 0 Å². The maximum absolute atomic E-state index is 10.7. The van der Waals surface area contributed by atoms with Crippen LogP contribution in [0.1, 0.15) is 38.8 Å². The van der Waals surface area contributed by atoms with E-state index in [0.717, 1.165) is 28.6 Å². The predicted molar refractivity (Wildman–Crippen MR) is 127 cm³/mol. The van der Waals surface area contributed by atoms with E-state index >= 15 is 0 Å². The summed E-state index contributed by atoms with van der Waals surface area (Å²) < 4.78 is 0. The van der Waals surface area contributed by atoms with Crippen LogP contribution in [0.15, 0.2) is 96.6 Å². The summed E-state index contributed by atoms with van der Waals surface area (Å²) in [6, 6.07) is 19.8. The van der Waals surface area contributed by atoms with Gasteiger partial charge in [-0.1, -0.05) is 85.0 Å². The molecule has 0 aromatic heterocycles. The largest absolute Gasteiger partial charge is 0.298 e. The van der Waals surface area contributed by atoms with E-state index in [1.165, 1.54) is 13.0 Å². The molecule has 0 N–H and O–H groups in total. The zero-order valence-corrected chi connectivity index (χ0v) is 18.2. The van der Waals surface area contributed by atoms with Gasteiger partial charge >= 0.3 is 0 Å². The average Bonchev–Trinajstić information content (AvgIpc) is 2.74. The standard InChI is InChI=1S/C13H14O.C10H10O.C4H6O/c1-11(8-9-12(2)14)10-13-6-4-3-5-7-13;1-9(8-11)7-10-5-3-2-4-6-10;1-3-4(2)5/h3-10H,1-2H3;2-8H,1H3;3H,1H2,2H3/b9-8+,11-10+;9-7+;. The van der Waals surface area contributed by atoms with E-state index in [1.807, 2.05) is 85.8 Å². The number of aldehydes is 1. The minimum absolute atomic E-state index is 0.0185. The Morgan fingerprint density at radius 1 is 0.667 bits per heavy atom. The molecule has 30 heavy (non-hydrogen) atoms. The predicted octanol–water partition coefficient (Wildman–Crippen LogP) is 6.29. The number of benzene rings is 2. The number of hydrogen-bond acceptors (Lipinski definition) is 3. The highest BCUT2D eigenvalue weighted by atomic mass is 16.1. The molecule has 0 saturated carbocycles. The van der Waals surface area contributed by atoms with E-state index in [4.69, 9.17) is 0 Å². The Labute approximate surface area is 180 Å². The molecule has 0 spiro atoms. The van der Waals surface area contributed by atoms with Crippen LogP contribution in [0.4, 0.5) is 0 Å². The molecule has 0 unspecified atom stereocenters. The Kier molecular flexibility index (Phi) is 14.4. The second-order valence-electron chi connectivity index (χ2n) is 6.47. The second kappa shape index (κ2) is 16.4. The highest BCUT2D eigenvalue weighted by molar-refractivity contribution is 5.88. The number of carbonyl (C=O) groups is 3. The molecule has 0 heterocycles.